The van der Waals surface area contributed by atoms with Crippen molar-refractivity contribution in [2.45, 2.75) is 44.9 Å². The minimum atomic E-state index is -3.40. The van der Waals surface area contributed by atoms with Crippen LogP contribution in [0.1, 0.15) is 40.0 Å². The molecule has 1 aromatic carbocycles. The number of nitrogens with zero attached hydrogens (tertiary/aromatic N) is 1. The highest BCUT2D eigenvalue weighted by Crippen LogP contribution is 2.24. The number of rotatable bonds is 6. The second-order valence-electron chi connectivity index (χ2n) is 7.11. The number of hydrogen-bond acceptors (Lipinski definition) is 3. The molecule has 0 aliphatic carbocycles. The van der Waals surface area contributed by atoms with Crippen LogP contribution in [0.4, 0.5) is 0 Å². The Kier molecular flexibility index (Phi) is 6.04. The maximum absolute atomic E-state index is 12.6. The van der Waals surface area contributed by atoms with E-state index in [1.54, 1.807) is 28.6 Å². The molecule has 1 heterocycles. The number of sulfonamides is 1. The number of carbonyl (C=O) groups is 1. The van der Waals surface area contributed by atoms with E-state index in [2.05, 4.69) is 5.32 Å². The Morgan fingerprint density at radius 2 is 1.79 bits per heavy atom. The molecule has 0 unspecified atom stereocenters. The van der Waals surface area contributed by atoms with Crippen molar-refractivity contribution >= 4 is 15.9 Å². The lowest BCUT2D eigenvalue weighted by Gasteiger charge is -2.32. The molecule has 1 fully saturated rings. The average Bonchev–Trinajstić information content (AvgIpc) is 2.60. The maximum atomic E-state index is 12.6. The zero-order valence-electron chi connectivity index (χ0n) is 14.8. The van der Waals surface area contributed by atoms with E-state index in [9.17, 15) is 13.2 Å². The van der Waals surface area contributed by atoms with E-state index >= 15 is 0 Å². The maximum Gasteiger partial charge on any atom is 0.243 e. The number of hydrogen-bond donors (Lipinski definition) is 1. The van der Waals surface area contributed by atoms with Crippen molar-refractivity contribution in [3.8, 4) is 0 Å². The molecule has 0 spiro atoms. The Balaban J connectivity index is 1.87. The van der Waals surface area contributed by atoms with Crippen molar-refractivity contribution in [2.24, 2.45) is 11.3 Å². The first-order chi connectivity index (χ1) is 11.3. The molecule has 6 heteroatoms. The van der Waals surface area contributed by atoms with E-state index in [4.69, 9.17) is 0 Å². The van der Waals surface area contributed by atoms with E-state index in [0.29, 0.717) is 30.4 Å². The molecule has 5 nitrogen and oxygen atoms in total. The summed E-state index contributed by atoms with van der Waals surface area (Å²) in [5, 5.41) is 3.02. The molecule has 1 N–H and O–H groups in total. The standard InChI is InChI=1S/C18H28N2O3S/c1-4-18(2,3)17(21)19-14-15-10-12-20(13-11-15)24(22,23)16-8-6-5-7-9-16/h5-9,15H,4,10-14H2,1-3H3,(H,19,21). The molecule has 0 aromatic heterocycles. The van der Waals surface area contributed by atoms with Crippen LogP contribution in [0.2, 0.25) is 0 Å². The fourth-order valence-electron chi connectivity index (χ4n) is 2.73. The van der Waals surface area contributed by atoms with Crippen LogP contribution in [0.25, 0.3) is 0 Å². The molecule has 0 radical (unpaired) electrons. The number of carbonyl (C=O) groups excluding carboxylic acids is 1. The van der Waals surface area contributed by atoms with E-state index < -0.39 is 10.0 Å². The topological polar surface area (TPSA) is 66.5 Å². The number of nitrogens with one attached hydrogen (secondary N) is 1. The largest absolute Gasteiger partial charge is 0.355 e. The van der Waals surface area contributed by atoms with Gasteiger partial charge in [-0.2, -0.15) is 4.31 Å². The van der Waals surface area contributed by atoms with Gasteiger partial charge in [0.05, 0.1) is 4.90 Å². The Labute approximate surface area is 145 Å². The molecule has 1 aromatic rings. The predicted octanol–water partition coefficient (Wildman–Crippen LogP) is 2.64. The summed E-state index contributed by atoms with van der Waals surface area (Å²) in [5.74, 6) is 0.410. The van der Waals surface area contributed by atoms with Crippen molar-refractivity contribution in [1.29, 1.82) is 0 Å². The number of amides is 1. The van der Waals surface area contributed by atoms with Crippen molar-refractivity contribution in [2.75, 3.05) is 19.6 Å². The van der Waals surface area contributed by atoms with Crippen molar-refractivity contribution in [3.63, 3.8) is 0 Å². The van der Waals surface area contributed by atoms with Gasteiger partial charge in [0.2, 0.25) is 15.9 Å². The van der Waals surface area contributed by atoms with E-state index in [-0.39, 0.29) is 11.3 Å². The van der Waals surface area contributed by atoms with Gasteiger partial charge in [-0.25, -0.2) is 8.42 Å². The summed E-state index contributed by atoms with van der Waals surface area (Å²) in [6.07, 6.45) is 2.35. The van der Waals surface area contributed by atoms with Crippen LogP contribution in [-0.2, 0) is 14.8 Å². The van der Waals surface area contributed by atoms with Gasteiger partial charge in [0.25, 0.3) is 0 Å². The lowest BCUT2D eigenvalue weighted by molar-refractivity contribution is -0.129. The van der Waals surface area contributed by atoms with Gasteiger partial charge in [-0.3, -0.25) is 4.79 Å². The third-order valence-electron chi connectivity index (χ3n) is 5.00. The molecule has 1 saturated heterocycles. The quantitative estimate of drug-likeness (QED) is 0.856. The molecule has 134 valence electrons. The fraction of sp³-hybridized carbons (Fsp3) is 0.611. The van der Waals surface area contributed by atoms with E-state index in [1.165, 1.54) is 0 Å². The summed E-state index contributed by atoms with van der Waals surface area (Å²) < 4.78 is 26.7. The molecule has 24 heavy (non-hydrogen) atoms. The predicted molar refractivity (Wildman–Crippen MR) is 95.0 cm³/mol. The minimum Gasteiger partial charge on any atom is -0.355 e. The highest BCUT2D eigenvalue weighted by atomic mass is 32.2. The zero-order valence-corrected chi connectivity index (χ0v) is 15.6. The van der Waals surface area contributed by atoms with Gasteiger partial charge in [-0.1, -0.05) is 39.0 Å². The number of piperidine rings is 1. The molecule has 1 aliphatic heterocycles. The van der Waals surface area contributed by atoms with Crippen LogP contribution in [0, 0.1) is 11.3 Å². The molecule has 1 aliphatic rings. The minimum absolute atomic E-state index is 0.0735. The van der Waals surface area contributed by atoms with Crippen molar-refractivity contribution in [1.82, 2.24) is 9.62 Å². The van der Waals surface area contributed by atoms with Gasteiger partial charge in [0, 0.05) is 25.0 Å². The Morgan fingerprint density at radius 3 is 2.33 bits per heavy atom. The SMILES string of the molecule is CCC(C)(C)C(=O)NCC1CCN(S(=O)(=O)c2ccccc2)CC1. The molecule has 1 amide bonds. The molecule has 0 saturated carbocycles. The molecular weight excluding hydrogens is 324 g/mol. The zero-order chi connectivity index (χ0) is 17.8. The van der Waals surface area contributed by atoms with Gasteiger partial charge in [0.1, 0.15) is 0 Å². The Hall–Kier alpha value is -1.40. The summed E-state index contributed by atoms with van der Waals surface area (Å²) in [6.45, 7) is 7.53. The lowest BCUT2D eigenvalue weighted by Crippen LogP contribution is -2.43. The normalized spacial score (nSPS) is 17.6. The Bertz CT molecular complexity index is 648. The van der Waals surface area contributed by atoms with Crippen LogP contribution in [-0.4, -0.2) is 38.3 Å². The summed E-state index contributed by atoms with van der Waals surface area (Å²) in [6, 6.07) is 8.56. The first kappa shape index (κ1) is 18.9. The molecular formula is C18H28N2O3S. The Morgan fingerprint density at radius 1 is 1.21 bits per heavy atom. The van der Waals surface area contributed by atoms with Gasteiger partial charge in [-0.05, 0) is 37.3 Å². The summed E-state index contributed by atoms with van der Waals surface area (Å²) >= 11 is 0. The summed E-state index contributed by atoms with van der Waals surface area (Å²) in [5.41, 5.74) is -0.350. The van der Waals surface area contributed by atoms with Crippen LogP contribution >= 0.6 is 0 Å². The third-order valence-corrected chi connectivity index (χ3v) is 6.92. The van der Waals surface area contributed by atoms with Gasteiger partial charge in [-0.15, -0.1) is 0 Å². The highest BCUT2D eigenvalue weighted by molar-refractivity contribution is 7.89. The number of benzene rings is 1. The first-order valence-electron chi connectivity index (χ1n) is 8.61. The van der Waals surface area contributed by atoms with Gasteiger partial charge in [0.15, 0.2) is 0 Å². The third kappa shape index (κ3) is 4.36. The average molecular weight is 353 g/mol. The lowest BCUT2D eigenvalue weighted by atomic mass is 9.88. The second kappa shape index (κ2) is 7.66. The van der Waals surface area contributed by atoms with Gasteiger partial charge >= 0.3 is 0 Å². The molecule has 0 bridgehead atoms. The first-order valence-corrected chi connectivity index (χ1v) is 10.0. The van der Waals surface area contributed by atoms with Crippen LogP contribution < -0.4 is 5.32 Å². The van der Waals surface area contributed by atoms with Crippen LogP contribution in [0.3, 0.4) is 0 Å². The summed E-state index contributed by atoms with van der Waals surface area (Å²) in [7, 11) is -3.40. The highest BCUT2D eigenvalue weighted by Gasteiger charge is 2.30. The fourth-order valence-corrected chi connectivity index (χ4v) is 4.22. The second-order valence-corrected chi connectivity index (χ2v) is 9.05. The van der Waals surface area contributed by atoms with E-state index in [0.717, 1.165) is 19.3 Å². The van der Waals surface area contributed by atoms with E-state index in [1.807, 2.05) is 26.8 Å². The smallest absolute Gasteiger partial charge is 0.243 e. The van der Waals surface area contributed by atoms with Crippen LogP contribution in [0.5, 0.6) is 0 Å². The molecule has 2 rings (SSSR count). The van der Waals surface area contributed by atoms with Crippen molar-refractivity contribution < 1.29 is 13.2 Å². The monoisotopic (exact) mass is 352 g/mol. The van der Waals surface area contributed by atoms with Crippen LogP contribution in [0.15, 0.2) is 35.2 Å². The van der Waals surface area contributed by atoms with Gasteiger partial charge < -0.3 is 5.32 Å². The van der Waals surface area contributed by atoms with Crippen molar-refractivity contribution in [3.05, 3.63) is 30.3 Å². The molecule has 0 atom stereocenters. The summed E-state index contributed by atoms with van der Waals surface area (Å²) in [4.78, 5) is 12.5.